The molecule has 8 heteroatoms. The Balaban J connectivity index is 1.15. The van der Waals surface area contributed by atoms with Gasteiger partial charge >= 0.3 is 6.03 Å². The molecule has 0 saturated carbocycles. The first-order chi connectivity index (χ1) is 17.8. The molecule has 0 bridgehead atoms. The highest BCUT2D eigenvalue weighted by Crippen LogP contribution is 2.32. The molecule has 37 heavy (non-hydrogen) atoms. The number of amides is 2. The van der Waals surface area contributed by atoms with Crippen LogP contribution in [0.5, 0.6) is 5.75 Å². The monoisotopic (exact) mass is 513 g/mol. The number of aliphatic hydroxyl groups is 1. The minimum atomic E-state index is -0.609. The van der Waals surface area contributed by atoms with Gasteiger partial charge in [-0.05, 0) is 74.0 Å². The summed E-state index contributed by atoms with van der Waals surface area (Å²) in [7, 11) is 0. The second-order valence-corrected chi connectivity index (χ2v) is 10.1. The van der Waals surface area contributed by atoms with Crippen molar-refractivity contribution in [2.45, 2.75) is 77.3 Å². The molecule has 2 aromatic carbocycles. The zero-order valence-electron chi connectivity index (χ0n) is 22.3. The van der Waals surface area contributed by atoms with Gasteiger partial charge in [-0.15, -0.1) is 0 Å². The highest BCUT2D eigenvalue weighted by molar-refractivity contribution is 5.87. The molecule has 5 N–H and O–H groups in total. The molecule has 3 rings (SSSR count). The number of nitrogens with two attached hydrogens (primary N) is 1. The van der Waals surface area contributed by atoms with E-state index in [2.05, 4.69) is 16.7 Å². The summed E-state index contributed by atoms with van der Waals surface area (Å²) in [5, 5.41) is 16.5. The number of nitrogens with one attached hydrogen (secondary N) is 2. The molecule has 0 aliphatic carbocycles. The topological polar surface area (TPSA) is 115 Å². The van der Waals surface area contributed by atoms with Crippen molar-refractivity contribution in [2.75, 3.05) is 31.6 Å². The Labute approximate surface area is 220 Å². The van der Waals surface area contributed by atoms with Crippen LogP contribution in [0.1, 0.15) is 75.2 Å². The number of hydrogen-bond acceptors (Lipinski definition) is 6. The maximum Gasteiger partial charge on any atom is 0.316 e. The molecule has 0 spiro atoms. The highest BCUT2D eigenvalue weighted by Gasteiger charge is 2.27. The summed E-state index contributed by atoms with van der Waals surface area (Å²) >= 11 is 0. The summed E-state index contributed by atoms with van der Waals surface area (Å²) in [6.45, 7) is 7.28. The molecule has 0 fully saturated rings. The smallest absolute Gasteiger partial charge is 0.316 e. The van der Waals surface area contributed by atoms with Crippen LogP contribution in [-0.2, 0) is 22.5 Å². The predicted molar refractivity (Wildman–Crippen MR) is 146 cm³/mol. The van der Waals surface area contributed by atoms with Gasteiger partial charge in [0, 0.05) is 44.9 Å². The molecule has 204 valence electrons. The third-order valence-electron chi connectivity index (χ3n) is 6.33. The molecular formula is C29H43N3O5. The fourth-order valence-corrected chi connectivity index (χ4v) is 4.31. The number of anilines is 1. The molecule has 8 nitrogen and oxygen atoms in total. The van der Waals surface area contributed by atoms with Gasteiger partial charge in [0.1, 0.15) is 5.75 Å². The second kappa shape index (κ2) is 14.9. The first-order valence-electron chi connectivity index (χ1n) is 13.4. The van der Waals surface area contributed by atoms with Gasteiger partial charge in [-0.1, -0.05) is 31.0 Å². The van der Waals surface area contributed by atoms with E-state index in [1.807, 2.05) is 50.2 Å². The van der Waals surface area contributed by atoms with E-state index in [0.717, 1.165) is 87.3 Å². The van der Waals surface area contributed by atoms with Crippen LogP contribution in [0.25, 0.3) is 0 Å². The molecule has 2 amide bonds. The standard InChI is InChI=1S/C29H43N3O5/c1-29(2)36-21-24-19-23(13-14-27(24)37-29)26(33)20-31-15-6-3-4-7-16-35-17-8-5-10-22-11-9-12-25(18-22)32-28(30)34/h9,11-14,18-19,26,31,33H,3-8,10,15-17,20-21H2,1-2H3,(H3,30,32,34)/t26-/m0/s1. The number of aryl methyl sites for hydroxylation is 1. The molecule has 0 unspecified atom stereocenters. The predicted octanol–water partition coefficient (Wildman–Crippen LogP) is 5.05. The summed E-state index contributed by atoms with van der Waals surface area (Å²) in [6, 6.07) is 13.0. The molecule has 0 radical (unpaired) electrons. The summed E-state index contributed by atoms with van der Waals surface area (Å²) in [6.07, 6.45) is 6.90. The Hall–Kier alpha value is -2.65. The summed E-state index contributed by atoms with van der Waals surface area (Å²) in [5.41, 5.74) is 8.93. The lowest BCUT2D eigenvalue weighted by Crippen LogP contribution is -2.35. The largest absolute Gasteiger partial charge is 0.463 e. The van der Waals surface area contributed by atoms with Crippen molar-refractivity contribution in [2.24, 2.45) is 5.73 Å². The highest BCUT2D eigenvalue weighted by atomic mass is 16.7. The number of urea groups is 1. The van der Waals surface area contributed by atoms with Gasteiger partial charge in [-0.2, -0.15) is 0 Å². The van der Waals surface area contributed by atoms with Crippen molar-refractivity contribution in [3.8, 4) is 5.75 Å². The van der Waals surface area contributed by atoms with E-state index in [0.29, 0.717) is 13.2 Å². The molecule has 1 heterocycles. The Morgan fingerprint density at radius 3 is 2.68 bits per heavy atom. The van der Waals surface area contributed by atoms with Crippen LogP contribution >= 0.6 is 0 Å². The van der Waals surface area contributed by atoms with E-state index in [1.165, 1.54) is 5.56 Å². The first-order valence-corrected chi connectivity index (χ1v) is 13.4. The van der Waals surface area contributed by atoms with Gasteiger partial charge in [0.15, 0.2) is 0 Å². The van der Waals surface area contributed by atoms with Crippen LogP contribution in [0.4, 0.5) is 10.5 Å². The number of benzene rings is 2. The zero-order valence-corrected chi connectivity index (χ0v) is 22.3. The quantitative estimate of drug-likeness (QED) is 0.234. The number of rotatable bonds is 16. The van der Waals surface area contributed by atoms with E-state index in [9.17, 15) is 9.90 Å². The maximum absolute atomic E-state index is 11.0. The Morgan fingerprint density at radius 2 is 1.86 bits per heavy atom. The lowest BCUT2D eigenvalue weighted by atomic mass is 10.0. The number of aliphatic hydroxyl groups excluding tert-OH is 1. The van der Waals surface area contributed by atoms with Gasteiger partial charge < -0.3 is 35.7 Å². The van der Waals surface area contributed by atoms with Crippen molar-refractivity contribution in [1.29, 1.82) is 0 Å². The maximum atomic E-state index is 11.0. The number of fused-ring (bicyclic) bond motifs is 1. The molecule has 2 aromatic rings. The number of hydrogen-bond donors (Lipinski definition) is 4. The number of unbranched alkanes of at least 4 members (excludes halogenated alkanes) is 4. The number of ether oxygens (including phenoxy) is 3. The molecule has 0 aromatic heterocycles. The van der Waals surface area contributed by atoms with E-state index in [-0.39, 0.29) is 0 Å². The van der Waals surface area contributed by atoms with Crippen LogP contribution in [-0.4, -0.2) is 43.2 Å². The van der Waals surface area contributed by atoms with Gasteiger partial charge in [-0.3, -0.25) is 0 Å². The molecule has 1 aliphatic rings. The average Bonchev–Trinajstić information content (AvgIpc) is 2.85. The van der Waals surface area contributed by atoms with Gasteiger partial charge in [0.2, 0.25) is 5.79 Å². The van der Waals surface area contributed by atoms with Gasteiger partial charge in [-0.25, -0.2) is 4.79 Å². The fourth-order valence-electron chi connectivity index (χ4n) is 4.31. The summed E-state index contributed by atoms with van der Waals surface area (Å²) in [5.74, 6) is 0.216. The minimum Gasteiger partial charge on any atom is -0.463 e. The Kier molecular flexibility index (Phi) is 11.7. The van der Waals surface area contributed by atoms with Crippen LogP contribution in [0, 0.1) is 0 Å². The van der Waals surface area contributed by atoms with E-state index >= 15 is 0 Å². The first kappa shape index (κ1) is 28.9. The van der Waals surface area contributed by atoms with Crippen LogP contribution in [0.3, 0.4) is 0 Å². The Morgan fingerprint density at radius 1 is 1.08 bits per heavy atom. The normalized spacial score (nSPS) is 15.0. The van der Waals surface area contributed by atoms with Crippen molar-refractivity contribution < 1.29 is 24.1 Å². The summed E-state index contributed by atoms with van der Waals surface area (Å²) < 4.78 is 17.3. The lowest BCUT2D eigenvalue weighted by Gasteiger charge is -2.33. The number of carbonyl (C=O) groups is 1. The van der Waals surface area contributed by atoms with E-state index < -0.39 is 17.9 Å². The van der Waals surface area contributed by atoms with Crippen molar-refractivity contribution >= 4 is 11.7 Å². The molecule has 0 saturated heterocycles. The van der Waals surface area contributed by atoms with Crippen molar-refractivity contribution in [3.05, 3.63) is 59.2 Å². The number of primary amides is 1. The fraction of sp³-hybridized carbons (Fsp3) is 0.552. The average molecular weight is 514 g/mol. The third-order valence-corrected chi connectivity index (χ3v) is 6.33. The van der Waals surface area contributed by atoms with Crippen molar-refractivity contribution in [1.82, 2.24) is 5.32 Å². The zero-order chi connectivity index (χ0) is 26.5. The molecular weight excluding hydrogens is 470 g/mol. The van der Waals surface area contributed by atoms with Crippen LogP contribution in [0.2, 0.25) is 0 Å². The SMILES string of the molecule is CC1(C)OCc2cc([C@@H](O)CNCCCCCCOCCCCc3cccc(NC(N)=O)c3)ccc2O1. The van der Waals surface area contributed by atoms with Crippen LogP contribution < -0.4 is 21.1 Å². The lowest BCUT2D eigenvalue weighted by molar-refractivity contribution is -0.180. The summed E-state index contributed by atoms with van der Waals surface area (Å²) in [4.78, 5) is 11.0. The third kappa shape index (κ3) is 10.7. The van der Waals surface area contributed by atoms with Crippen molar-refractivity contribution in [3.63, 3.8) is 0 Å². The minimum absolute atomic E-state index is 0.492. The Bertz CT molecular complexity index is 982. The second-order valence-electron chi connectivity index (χ2n) is 10.1. The van der Waals surface area contributed by atoms with Gasteiger partial charge in [0.05, 0.1) is 12.7 Å². The van der Waals surface area contributed by atoms with Crippen LogP contribution in [0.15, 0.2) is 42.5 Å². The van der Waals surface area contributed by atoms with E-state index in [1.54, 1.807) is 0 Å². The number of carbonyl (C=O) groups excluding carboxylic acids is 1. The van der Waals surface area contributed by atoms with Gasteiger partial charge in [0.25, 0.3) is 0 Å². The van der Waals surface area contributed by atoms with E-state index in [4.69, 9.17) is 19.9 Å². The molecule has 1 aliphatic heterocycles. The molecule has 1 atom stereocenters.